The Morgan fingerprint density at radius 1 is 1.14 bits per heavy atom. The fourth-order valence-corrected chi connectivity index (χ4v) is 0. The summed E-state index contributed by atoms with van der Waals surface area (Å²) in [6.07, 6.45) is 0. The van der Waals surface area contributed by atoms with E-state index in [1.54, 1.807) is 0 Å². The van der Waals surface area contributed by atoms with E-state index in [1.165, 1.54) is 0 Å². The maximum atomic E-state index is 8.52. The minimum absolute atomic E-state index is 0. The van der Waals surface area contributed by atoms with E-state index in [1.807, 2.05) is 0 Å². The van der Waals surface area contributed by atoms with Crippen molar-refractivity contribution in [1.29, 1.82) is 0 Å². The molecule has 0 aliphatic carbocycles. The number of hydrogen-bond acceptors (Lipinski definition) is 4. The predicted molar refractivity (Wildman–Crippen MR) is 16.5 cm³/mol. The van der Waals surface area contributed by atoms with Gasteiger partial charge in [0.15, 0.2) is 0 Å². The minimum Gasteiger partial charge on any atom is -0.759 e. The van der Waals surface area contributed by atoms with Crippen LogP contribution in [0.15, 0.2) is 0 Å². The van der Waals surface area contributed by atoms with Gasteiger partial charge in [-0.15, -0.1) is 0 Å². The van der Waals surface area contributed by atoms with Crippen LogP contribution in [0.3, 0.4) is 0 Å². The molecule has 7 heteroatoms. The number of hydrogen-bond donors (Lipinski definition) is 1. The van der Waals surface area contributed by atoms with Crippen molar-refractivity contribution in [3.05, 3.63) is 0 Å². The molecule has 0 atom stereocenters. The summed E-state index contributed by atoms with van der Waals surface area (Å²) in [5.41, 5.74) is 0. The molecule has 0 fully saturated rings. The molecule has 0 spiro atoms. The predicted octanol–water partition coefficient (Wildman–Crippen LogP) is -0.962. The van der Waals surface area contributed by atoms with E-state index < -0.39 is 10.4 Å². The molecule has 0 amide bonds. The van der Waals surface area contributed by atoms with E-state index in [0.29, 0.717) is 0 Å². The van der Waals surface area contributed by atoms with Crippen molar-refractivity contribution >= 4 is 10.4 Å². The van der Waals surface area contributed by atoms with Crippen LogP contribution in [-0.4, -0.2) is 17.5 Å². The van der Waals surface area contributed by atoms with Crippen LogP contribution in [0.2, 0.25) is 0 Å². The standard InChI is InChI=1S/H3N.H2O4S.U/c;1-5(2,3)4;/h1H3;(H2,1,2,3,4);/q;;+1/p-1. The Bertz CT molecular complexity index is 94.9. The van der Waals surface area contributed by atoms with Gasteiger partial charge in [0.25, 0.3) is 0 Å². The molecule has 1 radical (unpaired) electrons. The monoisotopic (exact) mass is 352 g/mol. The van der Waals surface area contributed by atoms with Gasteiger partial charge in [0, 0.05) is 10.4 Å². The van der Waals surface area contributed by atoms with Crippen LogP contribution in [0, 0.1) is 31.1 Å². The molecular formula is H4NO4SU. The third-order valence-corrected chi connectivity index (χ3v) is 0. The van der Waals surface area contributed by atoms with Crippen LogP contribution < -0.4 is 6.15 Å². The fourth-order valence-electron chi connectivity index (χ4n) is 0. The van der Waals surface area contributed by atoms with Crippen LogP contribution >= 0.6 is 0 Å². The molecule has 0 aliphatic heterocycles. The van der Waals surface area contributed by atoms with Crippen LogP contribution in [0.1, 0.15) is 0 Å². The summed E-state index contributed by atoms with van der Waals surface area (Å²) in [6, 6.07) is 0. The normalized spacial score (nSPS) is 8.29. The first kappa shape index (κ1) is 15.7. The largest absolute Gasteiger partial charge is 1.00 e. The molecule has 0 unspecified atom stereocenters. The second-order valence-corrected chi connectivity index (χ2v) is 1.22. The Morgan fingerprint density at radius 2 is 1.14 bits per heavy atom. The first-order valence-electron chi connectivity index (χ1n) is 0.667. The molecule has 0 aliphatic rings. The van der Waals surface area contributed by atoms with Gasteiger partial charge in [-0.2, -0.15) is 0 Å². The van der Waals surface area contributed by atoms with Crippen molar-refractivity contribution in [1.82, 2.24) is 6.15 Å². The summed E-state index contributed by atoms with van der Waals surface area (Å²) in [4.78, 5) is 0. The average Bonchev–Trinajstić information content (AvgIpc) is 0.722. The second-order valence-electron chi connectivity index (χ2n) is 0.408. The van der Waals surface area contributed by atoms with Gasteiger partial charge in [0.05, 0.1) is 0 Å². The summed E-state index contributed by atoms with van der Waals surface area (Å²) in [5, 5.41) is 0. The summed E-state index contributed by atoms with van der Waals surface area (Å²) in [5.74, 6) is 0. The Morgan fingerprint density at radius 3 is 1.14 bits per heavy atom. The Kier molecular flexibility index (Phi) is 11.2. The van der Waals surface area contributed by atoms with Crippen LogP contribution in [-0.2, 0) is 10.4 Å². The van der Waals surface area contributed by atoms with Gasteiger partial charge in [-0.3, -0.25) is 8.42 Å². The van der Waals surface area contributed by atoms with Crippen molar-refractivity contribution in [3.63, 3.8) is 0 Å². The van der Waals surface area contributed by atoms with E-state index in [0.717, 1.165) is 0 Å². The first-order valence-corrected chi connectivity index (χ1v) is 2.00. The van der Waals surface area contributed by atoms with Gasteiger partial charge < -0.3 is 15.3 Å². The summed E-state index contributed by atoms with van der Waals surface area (Å²) in [7, 11) is -5.17. The third-order valence-electron chi connectivity index (χ3n) is 0. The Labute approximate surface area is 65.0 Å². The van der Waals surface area contributed by atoms with E-state index >= 15 is 0 Å². The molecule has 4 N–H and O–H groups in total. The average molecular weight is 352 g/mol. The molecule has 0 aromatic carbocycles. The fraction of sp³-hybridized carbons (Fsp3) is 0. The Balaban J connectivity index is -0.0000000800. The minimum atomic E-state index is -5.17. The van der Waals surface area contributed by atoms with E-state index in [-0.39, 0.29) is 37.3 Å². The van der Waals surface area contributed by atoms with Gasteiger partial charge >= 0.3 is 31.1 Å². The summed E-state index contributed by atoms with van der Waals surface area (Å²) >= 11 is 0. The summed E-state index contributed by atoms with van der Waals surface area (Å²) < 4.78 is 34.1. The van der Waals surface area contributed by atoms with Crippen molar-refractivity contribution in [2.45, 2.75) is 0 Å². The first-order chi connectivity index (χ1) is 2.00. The van der Waals surface area contributed by atoms with Crippen molar-refractivity contribution in [3.8, 4) is 0 Å². The van der Waals surface area contributed by atoms with Crippen LogP contribution in [0.25, 0.3) is 0 Å². The second kappa shape index (κ2) is 5.03. The molecule has 0 heterocycles. The molecular weight excluding hydrogens is 348 g/mol. The zero-order valence-electron chi connectivity index (χ0n) is 3.54. The smallest absolute Gasteiger partial charge is 0.759 e. The zero-order valence-corrected chi connectivity index (χ0v) is 8.52. The van der Waals surface area contributed by atoms with E-state index in [2.05, 4.69) is 0 Å². The number of quaternary nitrogens is 1. The number of rotatable bonds is 0. The van der Waals surface area contributed by atoms with E-state index in [4.69, 9.17) is 17.5 Å². The maximum Gasteiger partial charge on any atom is 1.00 e. The SMILES string of the molecule is O=S(=O)([O-])[O-].[NH4+].[U+]. The molecule has 0 aromatic rings. The molecule has 0 bridgehead atoms. The van der Waals surface area contributed by atoms with Gasteiger partial charge in [0.2, 0.25) is 0 Å². The van der Waals surface area contributed by atoms with Crippen molar-refractivity contribution in [2.24, 2.45) is 0 Å². The Hall–Kier alpha value is 0.882. The van der Waals surface area contributed by atoms with Gasteiger partial charge in [0.1, 0.15) is 0 Å². The molecule has 0 rings (SSSR count). The third kappa shape index (κ3) is 211. The van der Waals surface area contributed by atoms with Gasteiger partial charge in [-0.1, -0.05) is 0 Å². The molecule has 7 heavy (non-hydrogen) atoms. The maximum absolute atomic E-state index is 8.52. The van der Waals surface area contributed by atoms with Crippen LogP contribution in [0.5, 0.6) is 0 Å². The van der Waals surface area contributed by atoms with Gasteiger partial charge in [-0.05, 0) is 0 Å². The zero-order chi connectivity index (χ0) is 4.50. The van der Waals surface area contributed by atoms with E-state index in [9.17, 15) is 0 Å². The van der Waals surface area contributed by atoms with Crippen molar-refractivity contribution in [2.75, 3.05) is 0 Å². The molecule has 0 aromatic heterocycles. The molecule has 0 saturated carbocycles. The van der Waals surface area contributed by atoms with Crippen molar-refractivity contribution < 1.29 is 48.6 Å². The van der Waals surface area contributed by atoms with Gasteiger partial charge in [-0.25, -0.2) is 0 Å². The quantitative estimate of drug-likeness (QED) is 0.446. The molecule has 43 valence electrons. The topological polar surface area (TPSA) is 117 Å². The molecule has 5 nitrogen and oxygen atoms in total. The molecule has 0 saturated heterocycles. The van der Waals surface area contributed by atoms with Crippen LogP contribution in [0.4, 0.5) is 0 Å². The summed E-state index contributed by atoms with van der Waals surface area (Å²) in [6.45, 7) is 0.